The van der Waals surface area contributed by atoms with Crippen LogP contribution in [0.1, 0.15) is 11.3 Å². The first-order chi connectivity index (χ1) is 19.2. The predicted octanol–water partition coefficient (Wildman–Crippen LogP) is 5.89. The maximum atomic E-state index is 13.5. The zero-order chi connectivity index (χ0) is 28.3. The highest BCUT2D eigenvalue weighted by Crippen LogP contribution is 2.34. The molecule has 206 valence electrons. The second-order valence-electron chi connectivity index (χ2n) is 9.31. The predicted molar refractivity (Wildman–Crippen MR) is 155 cm³/mol. The average Bonchev–Trinajstić information content (AvgIpc) is 3.38. The van der Waals surface area contributed by atoms with Crippen molar-refractivity contribution in [3.8, 4) is 17.1 Å². The summed E-state index contributed by atoms with van der Waals surface area (Å²) in [6.45, 7) is 0.642. The fourth-order valence-corrected chi connectivity index (χ4v) is 5.08. The smallest absolute Gasteiger partial charge is 0.149 e. The summed E-state index contributed by atoms with van der Waals surface area (Å²) in [4.78, 5) is 10.3. The van der Waals surface area contributed by atoms with Crippen LogP contribution in [0.2, 0.25) is 5.02 Å². The number of nitrogens with zero attached hydrogens (tertiary/aromatic N) is 3. The van der Waals surface area contributed by atoms with Crippen molar-refractivity contribution in [3.63, 3.8) is 0 Å². The summed E-state index contributed by atoms with van der Waals surface area (Å²) < 4.78 is 49.4. The fraction of sp³-hybridized carbons (Fsp3) is 0.172. The largest absolute Gasteiger partial charge is 0.487 e. The molecule has 40 heavy (non-hydrogen) atoms. The highest BCUT2D eigenvalue weighted by molar-refractivity contribution is 7.90. The minimum atomic E-state index is -3.24. The Kier molecular flexibility index (Phi) is 7.90. The van der Waals surface area contributed by atoms with E-state index in [1.807, 2.05) is 35.2 Å². The number of fused-ring (bicyclic) bond motifs is 1. The van der Waals surface area contributed by atoms with Crippen LogP contribution in [0.3, 0.4) is 0 Å². The fourth-order valence-electron chi connectivity index (χ4n) is 4.30. The van der Waals surface area contributed by atoms with Crippen molar-refractivity contribution < 1.29 is 22.0 Å². The van der Waals surface area contributed by atoms with Gasteiger partial charge < -0.3 is 19.8 Å². The Morgan fingerprint density at radius 3 is 2.65 bits per heavy atom. The van der Waals surface area contributed by atoms with E-state index < -0.39 is 9.84 Å². The number of hydrogen-bond donors (Lipinski definition) is 1. The lowest BCUT2D eigenvalue weighted by atomic mass is 10.1. The summed E-state index contributed by atoms with van der Waals surface area (Å²) in [6.07, 6.45) is 2.61. The van der Waals surface area contributed by atoms with Crippen molar-refractivity contribution in [2.24, 2.45) is 0 Å². The maximum absolute atomic E-state index is 13.5. The highest BCUT2D eigenvalue weighted by Gasteiger charge is 2.17. The highest BCUT2D eigenvalue weighted by atomic mass is 35.5. The molecule has 8 nitrogen and oxygen atoms in total. The third-order valence-electron chi connectivity index (χ3n) is 6.26. The number of halogens is 2. The lowest BCUT2D eigenvalue weighted by molar-refractivity contribution is 0.306. The molecule has 0 amide bonds. The molecule has 0 unspecified atom stereocenters. The molecule has 0 aliphatic rings. The molecular weight excluding hydrogens is 555 g/mol. The zero-order valence-electron chi connectivity index (χ0n) is 21.6. The second kappa shape index (κ2) is 11.5. The molecule has 0 aliphatic heterocycles. The lowest BCUT2D eigenvalue weighted by Crippen LogP contribution is -2.28. The van der Waals surface area contributed by atoms with Crippen LogP contribution in [0.5, 0.6) is 5.75 Å². The Bertz CT molecular complexity index is 1770. The van der Waals surface area contributed by atoms with Crippen LogP contribution in [0.25, 0.3) is 22.2 Å². The standard InChI is InChI=1S/C29H26ClFN4O4S/c1-40(36,37)13-12-35(21-8-10-27(24(30)15-21)38-17-19-4-2-5-20(31)14-19)16-22-9-11-26(39-22)23-6-3-7-25-28(23)29(32)34-18-33-25/h2-11,14-15,18H,12-13,16-17H2,1H3,(H2,32,33,34). The van der Waals surface area contributed by atoms with Crippen molar-refractivity contribution in [2.75, 3.05) is 29.2 Å². The quantitative estimate of drug-likeness (QED) is 0.217. The summed E-state index contributed by atoms with van der Waals surface area (Å²) in [5.41, 5.74) is 8.94. The van der Waals surface area contributed by atoms with Crippen LogP contribution in [0.4, 0.5) is 15.9 Å². The van der Waals surface area contributed by atoms with Crippen LogP contribution in [0.15, 0.2) is 83.5 Å². The summed E-state index contributed by atoms with van der Waals surface area (Å²) in [5.74, 6) is 1.56. The molecule has 0 bridgehead atoms. The number of nitrogens with two attached hydrogens (primary N) is 1. The summed E-state index contributed by atoms with van der Waals surface area (Å²) >= 11 is 6.53. The van der Waals surface area contributed by atoms with Gasteiger partial charge in [0.1, 0.15) is 51.7 Å². The first kappa shape index (κ1) is 27.4. The lowest BCUT2D eigenvalue weighted by Gasteiger charge is -2.24. The third kappa shape index (κ3) is 6.52. The zero-order valence-corrected chi connectivity index (χ0v) is 23.1. The van der Waals surface area contributed by atoms with Gasteiger partial charge >= 0.3 is 0 Å². The molecule has 0 saturated carbocycles. The van der Waals surface area contributed by atoms with Crippen molar-refractivity contribution in [2.45, 2.75) is 13.2 Å². The topological polar surface area (TPSA) is 112 Å². The summed E-state index contributed by atoms with van der Waals surface area (Å²) in [6, 6.07) is 20.6. The molecule has 5 aromatic rings. The van der Waals surface area contributed by atoms with E-state index in [0.717, 1.165) is 5.56 Å². The number of furan rings is 1. The van der Waals surface area contributed by atoms with Crippen molar-refractivity contribution in [3.05, 3.63) is 101 Å². The van der Waals surface area contributed by atoms with Crippen LogP contribution in [-0.2, 0) is 23.0 Å². The molecule has 0 aliphatic carbocycles. The third-order valence-corrected chi connectivity index (χ3v) is 7.48. The SMILES string of the molecule is CS(=O)(=O)CCN(Cc1ccc(-c2cccc3ncnc(N)c23)o1)c1ccc(OCc2cccc(F)c2)c(Cl)c1. The van der Waals surface area contributed by atoms with Crippen LogP contribution < -0.4 is 15.4 Å². The number of sulfone groups is 1. The van der Waals surface area contributed by atoms with Gasteiger partial charge in [0.15, 0.2) is 0 Å². The van der Waals surface area contributed by atoms with Crippen LogP contribution in [-0.4, -0.2) is 36.9 Å². The minimum Gasteiger partial charge on any atom is -0.487 e. The van der Waals surface area contributed by atoms with E-state index in [4.69, 9.17) is 26.5 Å². The van der Waals surface area contributed by atoms with Gasteiger partial charge in [-0.05, 0) is 54.1 Å². The van der Waals surface area contributed by atoms with Gasteiger partial charge in [-0.25, -0.2) is 22.8 Å². The number of anilines is 2. The molecular formula is C29H26ClFN4O4S. The Balaban J connectivity index is 1.39. The van der Waals surface area contributed by atoms with E-state index >= 15 is 0 Å². The normalized spacial score (nSPS) is 11.6. The molecule has 5 rings (SSSR count). The first-order valence-electron chi connectivity index (χ1n) is 12.3. The average molecular weight is 581 g/mol. The molecule has 0 saturated heterocycles. The van der Waals surface area contributed by atoms with Crippen LogP contribution in [0, 0.1) is 5.82 Å². The molecule has 0 radical (unpaired) electrons. The Morgan fingerprint density at radius 1 is 1.05 bits per heavy atom. The molecule has 0 atom stereocenters. The van der Waals surface area contributed by atoms with Gasteiger partial charge in [-0.1, -0.05) is 35.9 Å². The van der Waals surface area contributed by atoms with Crippen molar-refractivity contribution >= 4 is 43.8 Å². The monoisotopic (exact) mass is 580 g/mol. The van der Waals surface area contributed by atoms with Crippen molar-refractivity contribution in [1.82, 2.24) is 9.97 Å². The van der Waals surface area contributed by atoms with E-state index in [-0.39, 0.29) is 31.3 Å². The van der Waals surface area contributed by atoms with Crippen molar-refractivity contribution in [1.29, 1.82) is 0 Å². The Hall–Kier alpha value is -4.15. The van der Waals surface area contributed by atoms with Gasteiger partial charge in [0.2, 0.25) is 0 Å². The first-order valence-corrected chi connectivity index (χ1v) is 14.8. The van der Waals surface area contributed by atoms with E-state index in [1.54, 1.807) is 30.3 Å². The number of hydrogen-bond acceptors (Lipinski definition) is 8. The molecule has 2 heterocycles. The van der Waals surface area contributed by atoms with Gasteiger partial charge in [0, 0.05) is 24.1 Å². The Morgan fingerprint density at radius 2 is 1.88 bits per heavy atom. The van der Waals surface area contributed by atoms with Gasteiger partial charge in [-0.15, -0.1) is 0 Å². The summed E-state index contributed by atoms with van der Waals surface area (Å²) in [5, 5.41) is 1.03. The number of aromatic nitrogens is 2. The Labute approximate surface area is 236 Å². The van der Waals surface area contributed by atoms with E-state index in [1.165, 1.54) is 24.7 Å². The van der Waals surface area contributed by atoms with E-state index in [2.05, 4.69) is 9.97 Å². The second-order valence-corrected chi connectivity index (χ2v) is 12.0. The summed E-state index contributed by atoms with van der Waals surface area (Å²) in [7, 11) is -3.24. The number of ether oxygens (including phenoxy) is 1. The van der Waals surface area contributed by atoms with Crippen LogP contribution >= 0.6 is 11.6 Å². The van der Waals surface area contributed by atoms with E-state index in [0.29, 0.717) is 50.3 Å². The van der Waals surface area contributed by atoms with Gasteiger partial charge in [0.25, 0.3) is 0 Å². The van der Waals surface area contributed by atoms with Gasteiger partial charge in [-0.3, -0.25) is 0 Å². The maximum Gasteiger partial charge on any atom is 0.149 e. The molecule has 2 N–H and O–H groups in total. The van der Waals surface area contributed by atoms with Gasteiger partial charge in [-0.2, -0.15) is 0 Å². The molecule has 0 spiro atoms. The molecule has 2 aromatic heterocycles. The minimum absolute atomic E-state index is 0.0623. The van der Waals surface area contributed by atoms with Gasteiger partial charge in [0.05, 0.1) is 28.2 Å². The molecule has 0 fully saturated rings. The number of nitrogen functional groups attached to an aromatic ring is 1. The molecule has 3 aromatic carbocycles. The number of rotatable bonds is 10. The number of benzene rings is 3. The van der Waals surface area contributed by atoms with E-state index in [9.17, 15) is 12.8 Å². The molecule has 11 heteroatoms.